The SMILES string of the molecule is O=C(Nc1nc2ccccc2n1CC1CCCN1)c1ccc(-c2cn[nH]c2)s1. The van der Waals surface area contributed by atoms with E-state index in [1.807, 2.05) is 36.5 Å². The van der Waals surface area contributed by atoms with E-state index in [4.69, 9.17) is 0 Å². The summed E-state index contributed by atoms with van der Waals surface area (Å²) >= 11 is 1.44. The van der Waals surface area contributed by atoms with Gasteiger partial charge in [-0.05, 0) is 43.7 Å². The Balaban J connectivity index is 1.43. The lowest BCUT2D eigenvalue weighted by atomic mass is 10.2. The van der Waals surface area contributed by atoms with Crippen molar-refractivity contribution in [1.82, 2.24) is 25.1 Å². The smallest absolute Gasteiger partial charge is 0.268 e. The Bertz CT molecular complexity index is 1110. The predicted octanol–water partition coefficient (Wildman–Crippen LogP) is 3.49. The van der Waals surface area contributed by atoms with Crippen molar-refractivity contribution in [3.63, 3.8) is 0 Å². The van der Waals surface area contributed by atoms with Crippen LogP contribution in [-0.4, -0.2) is 38.2 Å². The highest BCUT2D eigenvalue weighted by Gasteiger charge is 2.20. The first kappa shape index (κ1) is 17.2. The van der Waals surface area contributed by atoms with Crippen LogP contribution in [-0.2, 0) is 6.54 Å². The molecule has 142 valence electrons. The summed E-state index contributed by atoms with van der Waals surface area (Å²) in [5.41, 5.74) is 2.90. The summed E-state index contributed by atoms with van der Waals surface area (Å²) in [5.74, 6) is 0.453. The molecule has 1 aromatic carbocycles. The predicted molar refractivity (Wildman–Crippen MR) is 111 cm³/mol. The molecule has 3 aromatic heterocycles. The minimum Gasteiger partial charge on any atom is -0.312 e. The maximum atomic E-state index is 12.9. The van der Waals surface area contributed by atoms with E-state index in [9.17, 15) is 4.79 Å². The van der Waals surface area contributed by atoms with E-state index in [2.05, 4.69) is 36.4 Å². The highest BCUT2D eigenvalue weighted by Crippen LogP contribution is 2.28. The molecule has 7 nitrogen and oxygen atoms in total. The lowest BCUT2D eigenvalue weighted by Gasteiger charge is -2.15. The number of aromatic amines is 1. The van der Waals surface area contributed by atoms with Gasteiger partial charge in [0.2, 0.25) is 5.95 Å². The molecule has 1 saturated heterocycles. The van der Waals surface area contributed by atoms with Crippen LogP contribution in [0, 0.1) is 0 Å². The number of carbonyl (C=O) groups excluding carboxylic acids is 1. The van der Waals surface area contributed by atoms with Crippen molar-refractivity contribution in [2.75, 3.05) is 11.9 Å². The molecule has 0 aliphatic carbocycles. The molecule has 28 heavy (non-hydrogen) atoms. The van der Waals surface area contributed by atoms with E-state index in [1.54, 1.807) is 6.20 Å². The van der Waals surface area contributed by atoms with Crippen molar-refractivity contribution in [3.8, 4) is 10.4 Å². The summed E-state index contributed by atoms with van der Waals surface area (Å²) in [6, 6.07) is 12.2. The Morgan fingerprint density at radius 1 is 1.29 bits per heavy atom. The average Bonchev–Trinajstić information content (AvgIpc) is 3.50. The summed E-state index contributed by atoms with van der Waals surface area (Å²) in [6.07, 6.45) is 5.90. The molecule has 1 aliphatic rings. The molecule has 5 rings (SSSR count). The second kappa shape index (κ2) is 7.21. The maximum absolute atomic E-state index is 12.9. The number of carbonyl (C=O) groups is 1. The van der Waals surface area contributed by atoms with Gasteiger partial charge in [-0.15, -0.1) is 11.3 Å². The molecule has 0 saturated carbocycles. The van der Waals surface area contributed by atoms with E-state index in [0.717, 1.165) is 41.0 Å². The second-order valence-corrected chi connectivity index (χ2v) is 8.02. The van der Waals surface area contributed by atoms with Gasteiger partial charge in [-0.3, -0.25) is 15.2 Å². The zero-order chi connectivity index (χ0) is 18.9. The van der Waals surface area contributed by atoms with Crippen LogP contribution in [0.4, 0.5) is 5.95 Å². The molecule has 1 fully saturated rings. The third-order valence-corrected chi connectivity index (χ3v) is 6.19. The normalized spacial score (nSPS) is 16.6. The monoisotopic (exact) mass is 392 g/mol. The van der Waals surface area contributed by atoms with Crippen LogP contribution in [0.5, 0.6) is 0 Å². The highest BCUT2D eigenvalue weighted by molar-refractivity contribution is 7.17. The number of benzene rings is 1. The number of nitrogens with zero attached hydrogens (tertiary/aromatic N) is 3. The number of anilines is 1. The summed E-state index contributed by atoms with van der Waals surface area (Å²) in [7, 11) is 0. The molecular weight excluding hydrogens is 372 g/mol. The maximum Gasteiger partial charge on any atom is 0.268 e. The van der Waals surface area contributed by atoms with Gasteiger partial charge in [0.25, 0.3) is 5.91 Å². The summed E-state index contributed by atoms with van der Waals surface area (Å²) < 4.78 is 2.11. The van der Waals surface area contributed by atoms with Crippen LogP contribution in [0.15, 0.2) is 48.8 Å². The van der Waals surface area contributed by atoms with Gasteiger partial charge in [0.05, 0.1) is 22.1 Å². The molecule has 0 bridgehead atoms. The Morgan fingerprint density at radius 2 is 2.21 bits per heavy atom. The number of amides is 1. The van der Waals surface area contributed by atoms with E-state index in [0.29, 0.717) is 16.9 Å². The number of nitrogens with one attached hydrogen (secondary N) is 3. The fourth-order valence-corrected chi connectivity index (χ4v) is 4.53. The van der Waals surface area contributed by atoms with Crippen molar-refractivity contribution in [1.29, 1.82) is 0 Å². The van der Waals surface area contributed by atoms with Gasteiger partial charge in [0.15, 0.2) is 0 Å². The number of H-pyrrole nitrogens is 1. The number of fused-ring (bicyclic) bond motifs is 1. The van der Waals surface area contributed by atoms with Gasteiger partial charge in [-0.1, -0.05) is 12.1 Å². The van der Waals surface area contributed by atoms with Crippen molar-refractivity contribution in [2.24, 2.45) is 0 Å². The van der Waals surface area contributed by atoms with Crippen LogP contribution in [0.25, 0.3) is 21.5 Å². The first-order valence-corrected chi connectivity index (χ1v) is 10.2. The van der Waals surface area contributed by atoms with E-state index in [1.165, 1.54) is 17.8 Å². The standard InChI is InChI=1S/C20H20N6OS/c27-19(18-8-7-17(28-18)13-10-22-23-11-13)25-20-24-15-5-1-2-6-16(15)26(20)12-14-4-3-9-21-14/h1-2,5-8,10-11,14,21H,3-4,9,12H2,(H,22,23)(H,24,25,27). The largest absolute Gasteiger partial charge is 0.312 e. The minimum absolute atomic E-state index is 0.143. The van der Waals surface area contributed by atoms with E-state index >= 15 is 0 Å². The number of para-hydroxylation sites is 2. The van der Waals surface area contributed by atoms with Crippen molar-refractivity contribution in [2.45, 2.75) is 25.4 Å². The quantitative estimate of drug-likeness (QED) is 0.485. The van der Waals surface area contributed by atoms with Gasteiger partial charge >= 0.3 is 0 Å². The molecule has 3 N–H and O–H groups in total. The van der Waals surface area contributed by atoms with E-state index in [-0.39, 0.29) is 5.91 Å². The molecule has 0 radical (unpaired) electrons. The minimum atomic E-state index is -0.143. The molecule has 1 aliphatic heterocycles. The van der Waals surface area contributed by atoms with Crippen LogP contribution >= 0.6 is 11.3 Å². The van der Waals surface area contributed by atoms with Crippen molar-refractivity contribution in [3.05, 3.63) is 53.7 Å². The molecule has 4 heterocycles. The van der Waals surface area contributed by atoms with Crippen LogP contribution in [0.2, 0.25) is 0 Å². The Morgan fingerprint density at radius 3 is 3.04 bits per heavy atom. The highest BCUT2D eigenvalue weighted by atomic mass is 32.1. The number of aromatic nitrogens is 4. The van der Waals surface area contributed by atoms with Crippen LogP contribution < -0.4 is 10.6 Å². The van der Waals surface area contributed by atoms with Gasteiger partial charge in [0, 0.05) is 29.2 Å². The van der Waals surface area contributed by atoms with Crippen LogP contribution in [0.1, 0.15) is 22.5 Å². The lowest BCUT2D eigenvalue weighted by Crippen LogP contribution is -2.28. The van der Waals surface area contributed by atoms with Crippen molar-refractivity contribution < 1.29 is 4.79 Å². The average molecular weight is 392 g/mol. The molecule has 4 aromatic rings. The van der Waals surface area contributed by atoms with E-state index < -0.39 is 0 Å². The number of thiophene rings is 1. The number of imidazole rings is 1. The second-order valence-electron chi connectivity index (χ2n) is 6.93. The van der Waals surface area contributed by atoms with Gasteiger partial charge in [-0.2, -0.15) is 5.10 Å². The fraction of sp³-hybridized carbons (Fsp3) is 0.250. The molecule has 8 heteroatoms. The zero-order valence-corrected chi connectivity index (χ0v) is 16.0. The number of rotatable bonds is 5. The topological polar surface area (TPSA) is 87.6 Å². The molecular formula is C20H20N6OS. The van der Waals surface area contributed by atoms with Gasteiger partial charge < -0.3 is 9.88 Å². The zero-order valence-electron chi connectivity index (χ0n) is 15.2. The summed E-state index contributed by atoms with van der Waals surface area (Å²) in [5, 5.41) is 13.3. The van der Waals surface area contributed by atoms with Crippen LogP contribution in [0.3, 0.4) is 0 Å². The summed E-state index contributed by atoms with van der Waals surface area (Å²) in [4.78, 5) is 19.2. The molecule has 1 unspecified atom stereocenters. The fourth-order valence-electron chi connectivity index (χ4n) is 3.65. The summed E-state index contributed by atoms with van der Waals surface area (Å²) in [6.45, 7) is 1.84. The Kier molecular flexibility index (Phi) is 4.42. The number of hydrogen-bond donors (Lipinski definition) is 3. The first-order chi connectivity index (χ1) is 13.8. The van der Waals surface area contributed by atoms with Gasteiger partial charge in [0.1, 0.15) is 0 Å². The molecule has 1 atom stereocenters. The van der Waals surface area contributed by atoms with Gasteiger partial charge in [-0.25, -0.2) is 4.98 Å². The Hall–Kier alpha value is -2.97. The lowest BCUT2D eigenvalue weighted by molar-refractivity contribution is 0.102. The Labute approximate surface area is 165 Å². The first-order valence-electron chi connectivity index (χ1n) is 9.37. The van der Waals surface area contributed by atoms with Crippen molar-refractivity contribution >= 4 is 34.2 Å². The third kappa shape index (κ3) is 3.21. The molecule has 0 spiro atoms. The number of hydrogen-bond acceptors (Lipinski definition) is 5. The molecule has 1 amide bonds. The third-order valence-electron chi connectivity index (χ3n) is 5.06.